The third-order valence-electron chi connectivity index (χ3n) is 4.31. The molecule has 0 spiro atoms. The Balaban J connectivity index is 1.86. The monoisotopic (exact) mass is 375 g/mol. The molecule has 6 nitrogen and oxygen atoms in total. The van der Waals surface area contributed by atoms with Crippen LogP contribution in [-0.2, 0) is 0 Å². The lowest BCUT2D eigenvalue weighted by molar-refractivity contribution is 0.0618. The van der Waals surface area contributed by atoms with Crippen LogP contribution in [0.5, 0.6) is 11.5 Å². The fraction of sp³-hybridized carbons (Fsp3) is 0.474. The minimum atomic E-state index is -0.380. The molecule has 2 N–H and O–H groups in total. The lowest BCUT2D eigenvalue weighted by atomic mass is 9.89. The molecule has 26 heavy (non-hydrogen) atoms. The van der Waals surface area contributed by atoms with Crippen LogP contribution in [0.25, 0.3) is 0 Å². The van der Waals surface area contributed by atoms with Gasteiger partial charge in [0.25, 0.3) is 5.91 Å². The number of thiazole rings is 1. The molecule has 2 heterocycles. The number of aryl methyl sites for hydroxylation is 1. The number of amides is 1. The first-order valence-corrected chi connectivity index (χ1v) is 9.53. The molecule has 0 fully saturated rings. The molecule has 0 bridgehead atoms. The number of rotatable bonds is 5. The first-order valence-electron chi connectivity index (χ1n) is 8.72. The molecule has 7 heteroatoms. The maximum absolute atomic E-state index is 12.9. The first kappa shape index (κ1) is 18.5. The molecule has 2 aromatic rings. The predicted octanol–water partition coefficient (Wildman–Crippen LogP) is 3.92. The van der Waals surface area contributed by atoms with Gasteiger partial charge < -0.3 is 20.1 Å². The summed E-state index contributed by atoms with van der Waals surface area (Å²) < 4.78 is 11.4. The number of aromatic nitrogens is 1. The van der Waals surface area contributed by atoms with E-state index in [1.54, 1.807) is 7.11 Å². The van der Waals surface area contributed by atoms with Crippen molar-refractivity contribution in [3.05, 3.63) is 34.3 Å². The summed E-state index contributed by atoms with van der Waals surface area (Å²) in [6.45, 7) is 8.69. The SMILES string of the molecule is CCNc1nc(C)c(C(=O)N[C@H]2CC(C)(C)Oc3cc(OC)ccc32)s1. The van der Waals surface area contributed by atoms with Crippen molar-refractivity contribution in [3.8, 4) is 11.5 Å². The number of anilines is 1. The second-order valence-corrected chi connectivity index (χ2v) is 7.96. The molecule has 3 rings (SSSR count). The van der Waals surface area contributed by atoms with E-state index >= 15 is 0 Å². The summed E-state index contributed by atoms with van der Waals surface area (Å²) in [4.78, 5) is 17.9. The zero-order chi connectivity index (χ0) is 18.9. The van der Waals surface area contributed by atoms with Gasteiger partial charge in [0, 0.05) is 24.6 Å². The van der Waals surface area contributed by atoms with Gasteiger partial charge in [0.15, 0.2) is 5.13 Å². The molecule has 0 saturated carbocycles. The van der Waals surface area contributed by atoms with Crippen LogP contribution in [-0.4, -0.2) is 30.1 Å². The molecular weight excluding hydrogens is 350 g/mol. The van der Waals surface area contributed by atoms with Gasteiger partial charge in [0.05, 0.1) is 18.8 Å². The van der Waals surface area contributed by atoms with Crippen LogP contribution in [0.3, 0.4) is 0 Å². The third kappa shape index (κ3) is 3.77. The Hall–Kier alpha value is -2.28. The Labute approximate surface area is 157 Å². The van der Waals surface area contributed by atoms with E-state index in [4.69, 9.17) is 9.47 Å². The Morgan fingerprint density at radius 1 is 1.46 bits per heavy atom. The van der Waals surface area contributed by atoms with E-state index in [0.29, 0.717) is 11.3 Å². The predicted molar refractivity (Wildman–Crippen MR) is 104 cm³/mol. The van der Waals surface area contributed by atoms with Gasteiger partial charge >= 0.3 is 0 Å². The van der Waals surface area contributed by atoms with E-state index in [9.17, 15) is 4.79 Å². The average Bonchev–Trinajstić information content (AvgIpc) is 2.94. The minimum Gasteiger partial charge on any atom is -0.497 e. The van der Waals surface area contributed by atoms with Crippen molar-refractivity contribution in [2.24, 2.45) is 0 Å². The van der Waals surface area contributed by atoms with E-state index in [1.807, 2.05) is 45.9 Å². The summed E-state index contributed by atoms with van der Waals surface area (Å²) in [6.07, 6.45) is 0.690. The highest BCUT2D eigenvalue weighted by Gasteiger charge is 2.35. The largest absolute Gasteiger partial charge is 0.497 e. The van der Waals surface area contributed by atoms with Gasteiger partial charge in [-0.1, -0.05) is 11.3 Å². The van der Waals surface area contributed by atoms with Crippen molar-refractivity contribution in [3.63, 3.8) is 0 Å². The fourth-order valence-corrected chi connectivity index (χ4v) is 4.08. The van der Waals surface area contributed by atoms with Crippen molar-refractivity contribution < 1.29 is 14.3 Å². The summed E-state index contributed by atoms with van der Waals surface area (Å²) in [6, 6.07) is 5.59. The molecule has 1 aliphatic rings. The van der Waals surface area contributed by atoms with Gasteiger partial charge in [-0.3, -0.25) is 4.79 Å². The zero-order valence-electron chi connectivity index (χ0n) is 15.8. The van der Waals surface area contributed by atoms with E-state index < -0.39 is 0 Å². The van der Waals surface area contributed by atoms with Crippen LogP contribution in [0.4, 0.5) is 5.13 Å². The first-order chi connectivity index (χ1) is 12.3. The van der Waals surface area contributed by atoms with Gasteiger partial charge in [-0.25, -0.2) is 4.98 Å². The lowest BCUT2D eigenvalue weighted by Crippen LogP contribution is -2.41. The van der Waals surface area contributed by atoms with Crippen molar-refractivity contribution in [2.75, 3.05) is 19.0 Å². The standard InChI is InChI=1S/C19H25N3O3S/c1-6-20-18-21-11(2)16(26-18)17(23)22-14-10-19(3,4)25-15-9-12(24-5)7-8-13(14)15/h7-9,14H,6,10H2,1-5H3,(H,20,21)(H,22,23)/t14-/m0/s1. The number of ether oxygens (including phenoxy) is 2. The smallest absolute Gasteiger partial charge is 0.263 e. The molecule has 140 valence electrons. The van der Waals surface area contributed by atoms with Crippen LogP contribution in [0, 0.1) is 6.92 Å². The van der Waals surface area contributed by atoms with Crippen LogP contribution < -0.4 is 20.1 Å². The number of nitrogens with one attached hydrogen (secondary N) is 2. The van der Waals surface area contributed by atoms with Crippen molar-refractivity contribution in [1.82, 2.24) is 10.3 Å². The second-order valence-electron chi connectivity index (χ2n) is 6.96. The summed E-state index contributed by atoms with van der Waals surface area (Å²) >= 11 is 1.38. The van der Waals surface area contributed by atoms with Crippen LogP contribution >= 0.6 is 11.3 Å². The Bertz CT molecular complexity index is 816. The second kappa shape index (κ2) is 7.15. The highest BCUT2D eigenvalue weighted by Crippen LogP contribution is 2.41. The Kier molecular flexibility index (Phi) is 5.09. The Morgan fingerprint density at radius 3 is 2.92 bits per heavy atom. The zero-order valence-corrected chi connectivity index (χ0v) is 16.6. The van der Waals surface area contributed by atoms with E-state index in [-0.39, 0.29) is 17.6 Å². The lowest BCUT2D eigenvalue weighted by Gasteiger charge is -2.38. The molecule has 1 amide bonds. The number of benzene rings is 1. The molecule has 0 aliphatic carbocycles. The molecule has 0 saturated heterocycles. The summed E-state index contributed by atoms with van der Waals surface area (Å²) in [7, 11) is 1.63. The van der Waals surface area contributed by atoms with Crippen LogP contribution in [0.2, 0.25) is 0 Å². The molecule has 1 aromatic carbocycles. The number of methoxy groups -OCH3 is 1. The number of nitrogens with zero attached hydrogens (tertiary/aromatic N) is 1. The van der Waals surface area contributed by atoms with E-state index in [1.165, 1.54) is 11.3 Å². The number of hydrogen-bond acceptors (Lipinski definition) is 6. The summed E-state index contributed by atoms with van der Waals surface area (Å²) in [5, 5.41) is 7.10. The molecule has 1 atom stereocenters. The molecule has 0 unspecified atom stereocenters. The van der Waals surface area contributed by atoms with Crippen molar-refractivity contribution >= 4 is 22.4 Å². The number of hydrogen-bond donors (Lipinski definition) is 2. The van der Waals surface area contributed by atoms with E-state index in [2.05, 4.69) is 15.6 Å². The minimum absolute atomic E-state index is 0.103. The molecule has 0 radical (unpaired) electrons. The van der Waals surface area contributed by atoms with Crippen molar-refractivity contribution in [2.45, 2.75) is 45.8 Å². The fourth-order valence-electron chi connectivity index (χ4n) is 3.15. The number of carbonyl (C=O) groups is 1. The van der Waals surface area contributed by atoms with Gasteiger partial charge in [-0.2, -0.15) is 0 Å². The third-order valence-corrected chi connectivity index (χ3v) is 5.43. The topological polar surface area (TPSA) is 72.5 Å². The molecule has 1 aromatic heterocycles. The summed E-state index contributed by atoms with van der Waals surface area (Å²) in [5.74, 6) is 1.38. The molecule has 1 aliphatic heterocycles. The van der Waals surface area contributed by atoms with Crippen LogP contribution in [0.15, 0.2) is 18.2 Å². The number of fused-ring (bicyclic) bond motifs is 1. The maximum Gasteiger partial charge on any atom is 0.263 e. The van der Waals surface area contributed by atoms with Gasteiger partial charge in [-0.05, 0) is 39.8 Å². The Morgan fingerprint density at radius 2 is 2.23 bits per heavy atom. The highest BCUT2D eigenvalue weighted by molar-refractivity contribution is 7.17. The summed E-state index contributed by atoms with van der Waals surface area (Å²) in [5.41, 5.74) is 1.33. The van der Waals surface area contributed by atoms with Gasteiger partial charge in [0.1, 0.15) is 22.0 Å². The average molecular weight is 375 g/mol. The quantitative estimate of drug-likeness (QED) is 0.829. The maximum atomic E-state index is 12.9. The highest BCUT2D eigenvalue weighted by atomic mass is 32.1. The van der Waals surface area contributed by atoms with E-state index in [0.717, 1.165) is 34.4 Å². The molecular formula is C19H25N3O3S. The van der Waals surface area contributed by atoms with Gasteiger partial charge in [0.2, 0.25) is 0 Å². The normalized spacial score (nSPS) is 17.8. The van der Waals surface area contributed by atoms with Crippen molar-refractivity contribution in [1.29, 1.82) is 0 Å². The van der Waals surface area contributed by atoms with Crippen LogP contribution in [0.1, 0.15) is 54.2 Å². The number of carbonyl (C=O) groups excluding carboxylic acids is 1. The van der Waals surface area contributed by atoms with Gasteiger partial charge in [-0.15, -0.1) is 0 Å².